The summed E-state index contributed by atoms with van der Waals surface area (Å²) in [6.45, 7) is 3.32. The summed E-state index contributed by atoms with van der Waals surface area (Å²) in [5.74, 6) is 1.01. The van der Waals surface area contributed by atoms with Crippen LogP contribution in [0.4, 0.5) is 11.6 Å². The number of rotatable bonds is 5. The van der Waals surface area contributed by atoms with Gasteiger partial charge >= 0.3 is 0 Å². The third kappa shape index (κ3) is 2.15. The Balaban J connectivity index is 1.90. The minimum Gasteiger partial charge on any atom is -0.399 e. The molecule has 1 fully saturated rings. The van der Waals surface area contributed by atoms with Crippen LogP contribution in [-0.2, 0) is 0 Å². The predicted molar refractivity (Wildman–Crippen MR) is 75.8 cm³/mol. The first-order valence-electron chi connectivity index (χ1n) is 6.80. The quantitative estimate of drug-likeness (QED) is 0.795. The van der Waals surface area contributed by atoms with Gasteiger partial charge in [0.1, 0.15) is 0 Å². The molecular formula is C14H20N4. The highest BCUT2D eigenvalue weighted by Crippen LogP contribution is 2.31. The number of benzene rings is 1. The van der Waals surface area contributed by atoms with Gasteiger partial charge in [-0.3, -0.25) is 0 Å². The molecule has 1 aliphatic rings. The van der Waals surface area contributed by atoms with E-state index in [1.165, 1.54) is 25.7 Å². The molecule has 1 heterocycles. The Kier molecular flexibility index (Phi) is 2.86. The van der Waals surface area contributed by atoms with Crippen molar-refractivity contribution in [3.63, 3.8) is 0 Å². The second-order valence-corrected chi connectivity index (χ2v) is 5.12. The van der Waals surface area contributed by atoms with E-state index in [1.54, 1.807) is 0 Å². The molecule has 1 aliphatic carbocycles. The topological polar surface area (TPSA) is 57.9 Å². The minimum absolute atomic E-state index is 0.689. The van der Waals surface area contributed by atoms with E-state index < -0.39 is 0 Å². The van der Waals surface area contributed by atoms with Crippen LogP contribution in [0.5, 0.6) is 0 Å². The zero-order chi connectivity index (χ0) is 12.5. The largest absolute Gasteiger partial charge is 0.399 e. The third-order valence-corrected chi connectivity index (χ3v) is 3.51. The fraction of sp³-hybridized carbons (Fsp3) is 0.500. The molecule has 0 bridgehead atoms. The number of H-pyrrole nitrogens is 1. The van der Waals surface area contributed by atoms with Crippen LogP contribution in [0, 0.1) is 0 Å². The molecule has 3 rings (SSSR count). The van der Waals surface area contributed by atoms with Crippen molar-refractivity contribution < 1.29 is 0 Å². The fourth-order valence-corrected chi connectivity index (χ4v) is 2.33. The number of imidazole rings is 1. The molecule has 18 heavy (non-hydrogen) atoms. The van der Waals surface area contributed by atoms with Crippen molar-refractivity contribution >= 4 is 22.7 Å². The molecule has 0 amide bonds. The number of fused-ring (bicyclic) bond motifs is 1. The summed E-state index contributed by atoms with van der Waals surface area (Å²) < 4.78 is 0. The standard InChI is InChI=1S/C14H20N4/c1-2-3-8-18(11-5-6-11)14-16-12-7-4-10(15)9-13(12)17-14/h4,7,9,11H,2-3,5-6,8,15H2,1H3,(H,16,17). The van der Waals surface area contributed by atoms with Gasteiger partial charge in [0.05, 0.1) is 11.0 Å². The smallest absolute Gasteiger partial charge is 0.204 e. The van der Waals surface area contributed by atoms with Gasteiger partial charge in [0.15, 0.2) is 0 Å². The maximum absolute atomic E-state index is 5.80. The van der Waals surface area contributed by atoms with E-state index in [-0.39, 0.29) is 0 Å². The molecule has 3 N–H and O–H groups in total. The van der Waals surface area contributed by atoms with Gasteiger partial charge in [0, 0.05) is 18.3 Å². The molecule has 96 valence electrons. The van der Waals surface area contributed by atoms with Crippen LogP contribution in [-0.4, -0.2) is 22.6 Å². The molecule has 1 saturated carbocycles. The van der Waals surface area contributed by atoms with E-state index in [4.69, 9.17) is 5.73 Å². The number of nitrogens with zero attached hydrogens (tertiary/aromatic N) is 2. The zero-order valence-electron chi connectivity index (χ0n) is 10.8. The summed E-state index contributed by atoms with van der Waals surface area (Å²) in [7, 11) is 0. The number of hydrogen-bond acceptors (Lipinski definition) is 3. The Morgan fingerprint density at radius 1 is 1.44 bits per heavy atom. The Labute approximate surface area is 107 Å². The summed E-state index contributed by atoms with van der Waals surface area (Å²) >= 11 is 0. The normalized spacial score (nSPS) is 15.2. The molecule has 0 unspecified atom stereocenters. The van der Waals surface area contributed by atoms with Gasteiger partial charge in [-0.05, 0) is 37.5 Å². The van der Waals surface area contributed by atoms with E-state index in [0.717, 1.165) is 29.2 Å². The van der Waals surface area contributed by atoms with E-state index in [9.17, 15) is 0 Å². The number of unbranched alkanes of at least 4 members (excludes halogenated alkanes) is 1. The van der Waals surface area contributed by atoms with Crippen molar-refractivity contribution in [1.82, 2.24) is 9.97 Å². The summed E-state index contributed by atoms with van der Waals surface area (Å²) in [6.07, 6.45) is 5.03. The highest BCUT2D eigenvalue weighted by Gasteiger charge is 2.30. The van der Waals surface area contributed by atoms with Gasteiger partial charge in [-0.1, -0.05) is 13.3 Å². The Morgan fingerprint density at radius 2 is 2.28 bits per heavy atom. The molecule has 4 nitrogen and oxygen atoms in total. The number of nitrogen functional groups attached to an aromatic ring is 1. The van der Waals surface area contributed by atoms with E-state index in [1.807, 2.05) is 18.2 Å². The van der Waals surface area contributed by atoms with Gasteiger partial charge in [-0.15, -0.1) is 0 Å². The van der Waals surface area contributed by atoms with Gasteiger partial charge in [0.25, 0.3) is 0 Å². The predicted octanol–water partition coefficient (Wildman–Crippen LogP) is 2.91. The van der Waals surface area contributed by atoms with Gasteiger partial charge in [-0.25, -0.2) is 4.98 Å². The first kappa shape index (κ1) is 11.4. The Morgan fingerprint density at radius 3 is 3.00 bits per heavy atom. The van der Waals surface area contributed by atoms with Crippen LogP contribution >= 0.6 is 0 Å². The van der Waals surface area contributed by atoms with Crippen molar-refractivity contribution in [2.24, 2.45) is 0 Å². The lowest BCUT2D eigenvalue weighted by Crippen LogP contribution is -2.27. The lowest BCUT2D eigenvalue weighted by atomic mass is 10.3. The highest BCUT2D eigenvalue weighted by atomic mass is 15.3. The molecule has 0 aliphatic heterocycles. The van der Waals surface area contributed by atoms with Gasteiger partial charge < -0.3 is 15.6 Å². The number of nitrogens with one attached hydrogen (secondary N) is 1. The fourth-order valence-electron chi connectivity index (χ4n) is 2.33. The molecule has 2 aromatic rings. The molecule has 0 atom stereocenters. The molecule has 1 aromatic heterocycles. The maximum atomic E-state index is 5.80. The molecular weight excluding hydrogens is 224 g/mol. The van der Waals surface area contributed by atoms with Crippen molar-refractivity contribution in [2.75, 3.05) is 17.2 Å². The van der Waals surface area contributed by atoms with Crippen molar-refractivity contribution in [1.29, 1.82) is 0 Å². The average Bonchev–Trinajstić information content (AvgIpc) is 3.10. The molecule has 0 saturated heterocycles. The van der Waals surface area contributed by atoms with Crippen LogP contribution < -0.4 is 10.6 Å². The van der Waals surface area contributed by atoms with E-state index >= 15 is 0 Å². The number of anilines is 2. The monoisotopic (exact) mass is 244 g/mol. The van der Waals surface area contributed by atoms with Gasteiger partial charge in [-0.2, -0.15) is 0 Å². The second kappa shape index (κ2) is 4.52. The summed E-state index contributed by atoms with van der Waals surface area (Å²) in [5, 5.41) is 0. The zero-order valence-corrected chi connectivity index (χ0v) is 10.8. The average molecular weight is 244 g/mol. The lowest BCUT2D eigenvalue weighted by Gasteiger charge is -2.20. The summed E-state index contributed by atoms with van der Waals surface area (Å²) in [4.78, 5) is 10.5. The van der Waals surface area contributed by atoms with Gasteiger partial charge in [0.2, 0.25) is 5.95 Å². The minimum atomic E-state index is 0.689. The van der Waals surface area contributed by atoms with Crippen LogP contribution in [0.1, 0.15) is 32.6 Å². The first-order chi connectivity index (χ1) is 8.78. The number of aromatic amines is 1. The van der Waals surface area contributed by atoms with Crippen LogP contribution in [0.2, 0.25) is 0 Å². The number of hydrogen-bond donors (Lipinski definition) is 2. The third-order valence-electron chi connectivity index (χ3n) is 3.51. The van der Waals surface area contributed by atoms with Crippen molar-refractivity contribution in [2.45, 2.75) is 38.6 Å². The lowest BCUT2D eigenvalue weighted by molar-refractivity contribution is 0.699. The Hall–Kier alpha value is -1.71. The molecule has 0 spiro atoms. The van der Waals surface area contributed by atoms with Crippen molar-refractivity contribution in [3.8, 4) is 0 Å². The summed E-state index contributed by atoms with van der Waals surface area (Å²) in [5.41, 5.74) is 8.62. The van der Waals surface area contributed by atoms with Crippen LogP contribution in [0.25, 0.3) is 11.0 Å². The van der Waals surface area contributed by atoms with Crippen LogP contribution in [0.15, 0.2) is 18.2 Å². The summed E-state index contributed by atoms with van der Waals surface area (Å²) in [6, 6.07) is 6.53. The number of aromatic nitrogens is 2. The first-order valence-corrected chi connectivity index (χ1v) is 6.80. The molecule has 4 heteroatoms. The van der Waals surface area contributed by atoms with E-state index in [2.05, 4.69) is 21.8 Å². The second-order valence-electron chi connectivity index (χ2n) is 5.12. The van der Waals surface area contributed by atoms with E-state index in [0.29, 0.717) is 6.04 Å². The van der Waals surface area contributed by atoms with Crippen molar-refractivity contribution in [3.05, 3.63) is 18.2 Å². The number of nitrogens with two attached hydrogens (primary N) is 1. The maximum Gasteiger partial charge on any atom is 0.204 e. The Bertz CT molecular complexity index is 542. The molecule has 0 radical (unpaired) electrons. The van der Waals surface area contributed by atoms with Crippen LogP contribution in [0.3, 0.4) is 0 Å². The molecule has 1 aromatic carbocycles. The highest BCUT2D eigenvalue weighted by molar-refractivity contribution is 5.81. The SMILES string of the molecule is CCCCN(c1nc2ccc(N)cc2[nH]1)C1CC1.